The van der Waals surface area contributed by atoms with Gasteiger partial charge in [-0.3, -0.25) is 4.79 Å². The quantitative estimate of drug-likeness (QED) is 0.735. The molecule has 2 unspecified atom stereocenters. The van der Waals surface area contributed by atoms with Gasteiger partial charge < -0.3 is 15.3 Å². The van der Waals surface area contributed by atoms with Gasteiger partial charge in [0.05, 0.1) is 12.0 Å². The van der Waals surface area contributed by atoms with E-state index in [-0.39, 0.29) is 17.7 Å². The van der Waals surface area contributed by atoms with Crippen molar-refractivity contribution in [3.63, 3.8) is 0 Å². The van der Waals surface area contributed by atoms with Gasteiger partial charge in [-0.05, 0) is 32.4 Å². The molecule has 2 N–H and O–H groups in total. The number of rotatable bonds is 4. The van der Waals surface area contributed by atoms with Gasteiger partial charge in [0.15, 0.2) is 0 Å². The van der Waals surface area contributed by atoms with E-state index in [1.807, 2.05) is 20.9 Å². The van der Waals surface area contributed by atoms with Crippen molar-refractivity contribution >= 4 is 5.91 Å². The van der Waals surface area contributed by atoms with Gasteiger partial charge in [-0.25, -0.2) is 0 Å². The molecule has 0 radical (unpaired) electrons. The van der Waals surface area contributed by atoms with E-state index in [1.54, 1.807) is 0 Å². The smallest absolute Gasteiger partial charge is 0.224 e. The summed E-state index contributed by atoms with van der Waals surface area (Å²) in [6.45, 7) is 6.19. The molecule has 1 rings (SSSR count). The molecule has 1 fully saturated rings. The van der Waals surface area contributed by atoms with Crippen LogP contribution in [0.1, 0.15) is 26.7 Å². The monoisotopic (exact) mass is 228 g/mol. The predicted molar refractivity (Wildman–Crippen MR) is 64.1 cm³/mol. The summed E-state index contributed by atoms with van der Waals surface area (Å²) >= 11 is 0. The topological polar surface area (TPSA) is 52.6 Å². The molecule has 4 heteroatoms. The average molecular weight is 228 g/mol. The van der Waals surface area contributed by atoms with E-state index in [1.165, 1.54) is 0 Å². The van der Waals surface area contributed by atoms with Crippen molar-refractivity contribution in [1.29, 1.82) is 0 Å². The van der Waals surface area contributed by atoms with Crippen LogP contribution in [0, 0.1) is 11.8 Å². The molecule has 0 aromatic heterocycles. The van der Waals surface area contributed by atoms with Crippen LogP contribution in [0.2, 0.25) is 0 Å². The Hall–Kier alpha value is -0.610. The Morgan fingerprint density at radius 3 is 2.81 bits per heavy atom. The Kier molecular flexibility index (Phi) is 5.22. The zero-order chi connectivity index (χ0) is 12.1. The Balaban J connectivity index is 2.29. The maximum absolute atomic E-state index is 11.8. The fourth-order valence-electron chi connectivity index (χ4n) is 1.97. The van der Waals surface area contributed by atoms with Gasteiger partial charge in [0.25, 0.3) is 0 Å². The van der Waals surface area contributed by atoms with Gasteiger partial charge in [-0.15, -0.1) is 0 Å². The van der Waals surface area contributed by atoms with Gasteiger partial charge in [0.1, 0.15) is 0 Å². The summed E-state index contributed by atoms with van der Waals surface area (Å²) in [6.07, 6.45) is 1.61. The summed E-state index contributed by atoms with van der Waals surface area (Å²) in [5.41, 5.74) is 0. The van der Waals surface area contributed by atoms with Gasteiger partial charge in [0.2, 0.25) is 5.91 Å². The average Bonchev–Trinajstić information content (AvgIpc) is 2.25. The molecule has 1 aliphatic rings. The molecule has 1 aliphatic heterocycles. The Labute approximate surface area is 98.0 Å². The molecule has 16 heavy (non-hydrogen) atoms. The van der Waals surface area contributed by atoms with Crippen molar-refractivity contribution in [3.8, 4) is 0 Å². The lowest BCUT2D eigenvalue weighted by Gasteiger charge is -2.29. The SMILES string of the molecule is CC(C)C(O)CNC(=O)C1CCCN(C)C1. The van der Waals surface area contributed by atoms with Gasteiger partial charge in [-0.2, -0.15) is 0 Å². The number of aliphatic hydroxyl groups is 1. The minimum atomic E-state index is -0.440. The predicted octanol–water partition coefficient (Wildman–Crippen LogP) is 0.461. The summed E-state index contributed by atoms with van der Waals surface area (Å²) in [7, 11) is 2.04. The molecule has 0 bridgehead atoms. The summed E-state index contributed by atoms with van der Waals surface area (Å²) < 4.78 is 0. The number of nitrogens with zero attached hydrogens (tertiary/aromatic N) is 1. The second kappa shape index (κ2) is 6.21. The minimum absolute atomic E-state index is 0.0891. The van der Waals surface area contributed by atoms with E-state index in [0.717, 1.165) is 25.9 Å². The number of aliphatic hydroxyl groups excluding tert-OH is 1. The number of likely N-dealkylation sites (tertiary alicyclic amines) is 1. The van der Waals surface area contributed by atoms with Crippen LogP contribution in [-0.4, -0.2) is 48.7 Å². The Morgan fingerprint density at radius 2 is 2.25 bits per heavy atom. The molecular formula is C12H24N2O2. The lowest BCUT2D eigenvalue weighted by molar-refractivity contribution is -0.127. The molecule has 94 valence electrons. The fraction of sp³-hybridized carbons (Fsp3) is 0.917. The van der Waals surface area contributed by atoms with Crippen LogP contribution in [0.15, 0.2) is 0 Å². The molecule has 1 amide bonds. The molecule has 1 saturated heterocycles. The maximum atomic E-state index is 11.8. The third-order valence-electron chi connectivity index (χ3n) is 3.25. The van der Waals surface area contributed by atoms with E-state index in [4.69, 9.17) is 0 Å². The molecular weight excluding hydrogens is 204 g/mol. The summed E-state index contributed by atoms with van der Waals surface area (Å²) in [5.74, 6) is 0.374. The van der Waals surface area contributed by atoms with Crippen molar-refractivity contribution in [2.45, 2.75) is 32.8 Å². The van der Waals surface area contributed by atoms with Gasteiger partial charge >= 0.3 is 0 Å². The Bertz CT molecular complexity index is 231. The number of piperidine rings is 1. The summed E-state index contributed by atoms with van der Waals surface area (Å²) in [5, 5.41) is 12.4. The first-order valence-corrected chi connectivity index (χ1v) is 6.15. The first-order valence-electron chi connectivity index (χ1n) is 6.15. The highest BCUT2D eigenvalue weighted by molar-refractivity contribution is 5.78. The molecule has 4 nitrogen and oxygen atoms in total. The third kappa shape index (κ3) is 4.10. The third-order valence-corrected chi connectivity index (χ3v) is 3.25. The van der Waals surface area contributed by atoms with E-state index in [2.05, 4.69) is 10.2 Å². The normalized spacial score (nSPS) is 24.4. The largest absolute Gasteiger partial charge is 0.391 e. The van der Waals surface area contributed by atoms with Crippen LogP contribution in [-0.2, 0) is 4.79 Å². The van der Waals surface area contributed by atoms with Crippen molar-refractivity contribution in [3.05, 3.63) is 0 Å². The molecule has 0 spiro atoms. The molecule has 0 aliphatic carbocycles. The zero-order valence-corrected chi connectivity index (χ0v) is 10.6. The van der Waals surface area contributed by atoms with E-state index in [0.29, 0.717) is 6.54 Å². The minimum Gasteiger partial charge on any atom is -0.391 e. The van der Waals surface area contributed by atoms with Crippen molar-refractivity contribution in [2.75, 3.05) is 26.7 Å². The number of hydrogen-bond donors (Lipinski definition) is 2. The molecule has 2 atom stereocenters. The second-order valence-electron chi connectivity index (χ2n) is 5.16. The number of nitrogens with one attached hydrogen (secondary N) is 1. The van der Waals surface area contributed by atoms with Crippen LogP contribution in [0.25, 0.3) is 0 Å². The number of carbonyl (C=O) groups excluding carboxylic acids is 1. The highest BCUT2D eigenvalue weighted by atomic mass is 16.3. The highest BCUT2D eigenvalue weighted by Crippen LogP contribution is 2.15. The zero-order valence-electron chi connectivity index (χ0n) is 10.6. The van der Waals surface area contributed by atoms with Crippen LogP contribution < -0.4 is 5.32 Å². The molecule has 0 aromatic carbocycles. The lowest BCUT2D eigenvalue weighted by atomic mass is 9.97. The lowest BCUT2D eigenvalue weighted by Crippen LogP contribution is -2.44. The van der Waals surface area contributed by atoms with Crippen LogP contribution >= 0.6 is 0 Å². The fourth-order valence-corrected chi connectivity index (χ4v) is 1.97. The number of carbonyl (C=O) groups is 1. The van der Waals surface area contributed by atoms with Crippen LogP contribution in [0.5, 0.6) is 0 Å². The van der Waals surface area contributed by atoms with Gasteiger partial charge in [0, 0.05) is 13.1 Å². The van der Waals surface area contributed by atoms with Crippen molar-refractivity contribution in [2.24, 2.45) is 11.8 Å². The second-order valence-corrected chi connectivity index (χ2v) is 5.16. The Morgan fingerprint density at radius 1 is 1.56 bits per heavy atom. The first-order chi connectivity index (χ1) is 7.50. The molecule has 0 saturated carbocycles. The standard InChI is InChI=1S/C12H24N2O2/c1-9(2)11(15)7-13-12(16)10-5-4-6-14(3)8-10/h9-11,15H,4-8H2,1-3H3,(H,13,16). The molecule has 0 aromatic rings. The summed E-state index contributed by atoms with van der Waals surface area (Å²) in [6, 6.07) is 0. The number of hydrogen-bond acceptors (Lipinski definition) is 3. The maximum Gasteiger partial charge on any atom is 0.224 e. The van der Waals surface area contributed by atoms with E-state index in [9.17, 15) is 9.90 Å². The first kappa shape index (κ1) is 13.5. The van der Waals surface area contributed by atoms with Crippen LogP contribution in [0.3, 0.4) is 0 Å². The van der Waals surface area contributed by atoms with Crippen molar-refractivity contribution in [1.82, 2.24) is 10.2 Å². The summed E-state index contributed by atoms with van der Waals surface area (Å²) in [4.78, 5) is 14.0. The highest BCUT2D eigenvalue weighted by Gasteiger charge is 2.24. The van der Waals surface area contributed by atoms with Crippen LogP contribution in [0.4, 0.5) is 0 Å². The molecule has 1 heterocycles. The number of amides is 1. The van der Waals surface area contributed by atoms with Crippen molar-refractivity contribution < 1.29 is 9.90 Å². The van der Waals surface area contributed by atoms with E-state index >= 15 is 0 Å². The van der Waals surface area contributed by atoms with Gasteiger partial charge in [-0.1, -0.05) is 13.8 Å². The van der Waals surface area contributed by atoms with E-state index < -0.39 is 6.10 Å².